The maximum Gasteiger partial charge on any atom is 0.0832 e. The SMILES string of the molecule is NCCc1ccc(-n2cc(I)cn2)c(Cl)c1. The number of aromatic nitrogens is 2. The first kappa shape index (κ1) is 11.9. The van der Waals surface area contributed by atoms with Crippen molar-refractivity contribution in [1.82, 2.24) is 9.78 Å². The van der Waals surface area contributed by atoms with Gasteiger partial charge in [0.1, 0.15) is 0 Å². The van der Waals surface area contributed by atoms with Crippen LogP contribution in [0.4, 0.5) is 0 Å². The summed E-state index contributed by atoms with van der Waals surface area (Å²) in [4.78, 5) is 0. The van der Waals surface area contributed by atoms with Crippen molar-refractivity contribution >= 4 is 34.2 Å². The Morgan fingerprint density at radius 3 is 2.81 bits per heavy atom. The molecule has 0 unspecified atom stereocenters. The first-order valence-corrected chi connectivity index (χ1v) is 6.35. The standard InChI is InChI=1S/C11H11ClIN3/c12-10-5-8(3-4-14)1-2-11(10)16-7-9(13)6-15-16/h1-2,5-7H,3-4,14H2. The molecule has 0 amide bonds. The van der Waals surface area contributed by atoms with Crippen LogP contribution < -0.4 is 5.73 Å². The highest BCUT2D eigenvalue weighted by Crippen LogP contribution is 2.22. The molecular formula is C11H11ClIN3. The van der Waals surface area contributed by atoms with Gasteiger partial charge in [-0.3, -0.25) is 0 Å². The lowest BCUT2D eigenvalue weighted by Gasteiger charge is -2.06. The van der Waals surface area contributed by atoms with Gasteiger partial charge in [-0.25, -0.2) is 4.68 Å². The van der Waals surface area contributed by atoms with Crippen LogP contribution in [-0.4, -0.2) is 16.3 Å². The zero-order valence-corrected chi connectivity index (χ0v) is 11.4. The lowest BCUT2D eigenvalue weighted by atomic mass is 10.1. The van der Waals surface area contributed by atoms with Crippen molar-refractivity contribution in [3.8, 4) is 5.69 Å². The minimum absolute atomic E-state index is 0.634. The molecule has 0 radical (unpaired) electrons. The lowest BCUT2D eigenvalue weighted by Crippen LogP contribution is -2.03. The Kier molecular flexibility index (Phi) is 3.83. The molecule has 1 aromatic carbocycles. The molecule has 0 spiro atoms. The average Bonchev–Trinajstić information content (AvgIpc) is 2.65. The van der Waals surface area contributed by atoms with Gasteiger partial charge in [-0.2, -0.15) is 5.10 Å². The van der Waals surface area contributed by atoms with E-state index in [2.05, 4.69) is 27.7 Å². The molecule has 0 atom stereocenters. The van der Waals surface area contributed by atoms with Gasteiger partial charge in [0.05, 0.1) is 20.5 Å². The van der Waals surface area contributed by atoms with Gasteiger partial charge in [0.15, 0.2) is 0 Å². The van der Waals surface area contributed by atoms with E-state index >= 15 is 0 Å². The molecule has 0 aliphatic rings. The van der Waals surface area contributed by atoms with Crippen LogP contribution in [0.3, 0.4) is 0 Å². The molecular weight excluding hydrogens is 336 g/mol. The van der Waals surface area contributed by atoms with E-state index in [9.17, 15) is 0 Å². The van der Waals surface area contributed by atoms with Crippen LogP contribution in [0.5, 0.6) is 0 Å². The van der Waals surface area contributed by atoms with E-state index in [0.29, 0.717) is 11.6 Å². The van der Waals surface area contributed by atoms with Gasteiger partial charge in [-0.05, 0) is 53.3 Å². The van der Waals surface area contributed by atoms with E-state index in [1.54, 1.807) is 10.9 Å². The van der Waals surface area contributed by atoms with E-state index in [1.165, 1.54) is 0 Å². The maximum absolute atomic E-state index is 6.20. The van der Waals surface area contributed by atoms with E-state index in [-0.39, 0.29) is 0 Å². The van der Waals surface area contributed by atoms with Crippen LogP contribution in [0, 0.1) is 3.57 Å². The Labute approximate surface area is 113 Å². The van der Waals surface area contributed by atoms with Crippen LogP contribution in [-0.2, 0) is 6.42 Å². The molecule has 2 aromatic rings. The third-order valence-electron chi connectivity index (χ3n) is 2.24. The third kappa shape index (κ3) is 2.56. The Morgan fingerprint density at radius 1 is 1.44 bits per heavy atom. The number of benzene rings is 1. The summed E-state index contributed by atoms with van der Waals surface area (Å²) >= 11 is 8.42. The number of halogens is 2. The summed E-state index contributed by atoms with van der Waals surface area (Å²) in [5.74, 6) is 0. The molecule has 1 aromatic heterocycles. The minimum Gasteiger partial charge on any atom is -0.330 e. The normalized spacial score (nSPS) is 10.7. The van der Waals surface area contributed by atoms with Gasteiger partial charge < -0.3 is 5.73 Å². The minimum atomic E-state index is 0.634. The van der Waals surface area contributed by atoms with Crippen LogP contribution in [0.25, 0.3) is 5.69 Å². The van der Waals surface area contributed by atoms with Crippen molar-refractivity contribution in [2.24, 2.45) is 5.73 Å². The van der Waals surface area contributed by atoms with Crippen molar-refractivity contribution in [2.75, 3.05) is 6.54 Å². The zero-order chi connectivity index (χ0) is 11.5. The summed E-state index contributed by atoms with van der Waals surface area (Å²) < 4.78 is 2.86. The average molecular weight is 348 g/mol. The van der Waals surface area contributed by atoms with Gasteiger partial charge in [0, 0.05) is 6.20 Å². The number of rotatable bonds is 3. The zero-order valence-electron chi connectivity index (χ0n) is 8.53. The first-order valence-electron chi connectivity index (χ1n) is 4.90. The summed E-state index contributed by atoms with van der Waals surface area (Å²) in [5, 5.41) is 4.92. The highest BCUT2D eigenvalue weighted by molar-refractivity contribution is 14.1. The second kappa shape index (κ2) is 5.16. The molecule has 2 N–H and O–H groups in total. The molecule has 0 aliphatic heterocycles. The topological polar surface area (TPSA) is 43.8 Å². The molecule has 5 heteroatoms. The largest absolute Gasteiger partial charge is 0.330 e. The van der Waals surface area contributed by atoms with Crippen LogP contribution in [0.15, 0.2) is 30.6 Å². The number of hydrogen-bond acceptors (Lipinski definition) is 2. The van der Waals surface area contributed by atoms with E-state index in [1.807, 2.05) is 24.4 Å². The van der Waals surface area contributed by atoms with Crippen LogP contribution in [0.1, 0.15) is 5.56 Å². The monoisotopic (exact) mass is 347 g/mol. The lowest BCUT2D eigenvalue weighted by molar-refractivity contribution is 0.877. The highest BCUT2D eigenvalue weighted by atomic mass is 127. The van der Waals surface area contributed by atoms with E-state index in [0.717, 1.165) is 21.2 Å². The van der Waals surface area contributed by atoms with Crippen LogP contribution >= 0.6 is 34.2 Å². The van der Waals surface area contributed by atoms with Gasteiger partial charge >= 0.3 is 0 Å². The second-order valence-corrected chi connectivity index (χ2v) is 5.08. The molecule has 3 nitrogen and oxygen atoms in total. The maximum atomic E-state index is 6.20. The Hall–Kier alpha value is -0.590. The molecule has 16 heavy (non-hydrogen) atoms. The first-order chi connectivity index (χ1) is 7.70. The molecule has 0 saturated carbocycles. The molecule has 0 bridgehead atoms. The second-order valence-electron chi connectivity index (χ2n) is 3.43. The Morgan fingerprint density at radius 2 is 2.25 bits per heavy atom. The number of nitrogens with two attached hydrogens (primary N) is 1. The third-order valence-corrected chi connectivity index (χ3v) is 3.10. The van der Waals surface area contributed by atoms with Crippen molar-refractivity contribution in [2.45, 2.75) is 6.42 Å². The molecule has 1 heterocycles. The van der Waals surface area contributed by atoms with E-state index in [4.69, 9.17) is 17.3 Å². The Balaban J connectivity index is 2.36. The summed E-state index contributed by atoms with van der Waals surface area (Å²) in [6, 6.07) is 5.94. The molecule has 0 aliphatic carbocycles. The van der Waals surface area contributed by atoms with Crippen molar-refractivity contribution < 1.29 is 0 Å². The molecule has 0 fully saturated rings. The van der Waals surface area contributed by atoms with E-state index < -0.39 is 0 Å². The predicted octanol–water partition coefficient (Wildman–Crippen LogP) is 2.63. The fourth-order valence-corrected chi connectivity index (χ4v) is 2.17. The van der Waals surface area contributed by atoms with Gasteiger partial charge in [-0.15, -0.1) is 0 Å². The smallest absolute Gasteiger partial charge is 0.0832 e. The highest BCUT2D eigenvalue weighted by Gasteiger charge is 2.05. The fraction of sp³-hybridized carbons (Fsp3) is 0.182. The Bertz CT molecular complexity index is 496. The fourth-order valence-electron chi connectivity index (χ4n) is 1.49. The summed E-state index contributed by atoms with van der Waals surface area (Å²) in [6.07, 6.45) is 4.58. The van der Waals surface area contributed by atoms with Crippen molar-refractivity contribution in [1.29, 1.82) is 0 Å². The quantitative estimate of drug-likeness (QED) is 0.868. The summed E-state index contributed by atoms with van der Waals surface area (Å²) in [5.41, 5.74) is 7.55. The predicted molar refractivity (Wildman–Crippen MR) is 74.0 cm³/mol. The van der Waals surface area contributed by atoms with Gasteiger partial charge in [0.25, 0.3) is 0 Å². The number of nitrogens with zero attached hydrogens (tertiary/aromatic N) is 2. The van der Waals surface area contributed by atoms with Crippen molar-refractivity contribution in [3.63, 3.8) is 0 Å². The van der Waals surface area contributed by atoms with Gasteiger partial charge in [-0.1, -0.05) is 17.7 Å². The number of hydrogen-bond donors (Lipinski definition) is 1. The summed E-state index contributed by atoms with van der Waals surface area (Å²) in [7, 11) is 0. The molecule has 84 valence electrons. The van der Waals surface area contributed by atoms with Gasteiger partial charge in [0.2, 0.25) is 0 Å². The summed E-state index contributed by atoms with van der Waals surface area (Å²) in [6.45, 7) is 0.634. The van der Waals surface area contributed by atoms with Crippen LogP contribution in [0.2, 0.25) is 5.02 Å². The molecule has 2 rings (SSSR count). The molecule has 0 saturated heterocycles. The van der Waals surface area contributed by atoms with Crippen molar-refractivity contribution in [3.05, 3.63) is 44.7 Å².